The summed E-state index contributed by atoms with van der Waals surface area (Å²) in [6, 6.07) is 10.7. The first-order chi connectivity index (χ1) is 19.7. The van der Waals surface area contributed by atoms with Gasteiger partial charge in [0.25, 0.3) is 5.91 Å². The Labute approximate surface area is 244 Å². The van der Waals surface area contributed by atoms with Gasteiger partial charge in [0, 0.05) is 49.9 Å². The SMILES string of the molecule is CS(=O)(=O)Nc1ccc(Cl)cc1C(=O)N1CCCC[C@H]1c1cc2nc(N3CCC3)cc(N3CCCC(C#N)C3)n2n1. The van der Waals surface area contributed by atoms with E-state index in [0.29, 0.717) is 23.8 Å². The Morgan fingerprint density at radius 2 is 1.85 bits per heavy atom. The highest BCUT2D eigenvalue weighted by atomic mass is 35.5. The fourth-order valence-electron chi connectivity index (χ4n) is 5.97. The van der Waals surface area contributed by atoms with Gasteiger partial charge in [0.05, 0.1) is 41.2 Å². The summed E-state index contributed by atoms with van der Waals surface area (Å²) in [7, 11) is -3.61. The van der Waals surface area contributed by atoms with Crippen molar-refractivity contribution in [2.24, 2.45) is 5.92 Å². The summed E-state index contributed by atoms with van der Waals surface area (Å²) < 4.78 is 28.3. The lowest BCUT2D eigenvalue weighted by Gasteiger charge is -2.35. The van der Waals surface area contributed by atoms with Crippen LogP contribution >= 0.6 is 11.6 Å². The van der Waals surface area contributed by atoms with Crippen LogP contribution in [0.5, 0.6) is 0 Å². The number of nitrogens with zero attached hydrogens (tertiary/aromatic N) is 7. The molecule has 0 saturated carbocycles. The number of hydrogen-bond donors (Lipinski definition) is 1. The van der Waals surface area contributed by atoms with E-state index >= 15 is 0 Å². The first-order valence-corrected chi connectivity index (χ1v) is 16.4. The molecule has 2 aromatic heterocycles. The molecule has 11 nitrogen and oxygen atoms in total. The van der Waals surface area contributed by atoms with Gasteiger partial charge in [-0.15, -0.1) is 0 Å². The van der Waals surface area contributed by atoms with E-state index in [1.165, 1.54) is 12.1 Å². The molecule has 2 atom stereocenters. The standard InChI is InChI=1S/C28H33ClN8O3S/c1-41(39,40)33-22-9-8-20(29)14-21(22)28(38)36-13-3-2-7-24(36)23-15-26-31-25(34-11-5-12-34)16-27(37(26)32-23)35-10-4-6-19(17-30)18-35/h8-9,14-16,19,24,33H,2-7,10-13,18H2,1H3/t19?,24-/m0/s1. The van der Waals surface area contributed by atoms with Crippen LogP contribution in [0.4, 0.5) is 17.3 Å². The fourth-order valence-corrected chi connectivity index (χ4v) is 6.72. The molecule has 1 aromatic carbocycles. The minimum Gasteiger partial charge on any atom is -0.356 e. The van der Waals surface area contributed by atoms with Crippen molar-refractivity contribution in [3.63, 3.8) is 0 Å². The molecule has 13 heteroatoms. The van der Waals surface area contributed by atoms with Crippen LogP contribution in [0.3, 0.4) is 0 Å². The number of rotatable bonds is 6. The quantitative estimate of drug-likeness (QED) is 0.451. The van der Waals surface area contributed by atoms with Crippen molar-refractivity contribution in [1.29, 1.82) is 5.26 Å². The van der Waals surface area contributed by atoms with Crippen LogP contribution in [-0.4, -0.2) is 72.8 Å². The van der Waals surface area contributed by atoms with Crippen molar-refractivity contribution in [2.45, 2.75) is 44.6 Å². The van der Waals surface area contributed by atoms with Crippen LogP contribution < -0.4 is 14.5 Å². The zero-order chi connectivity index (χ0) is 28.7. The molecule has 0 aliphatic carbocycles. The molecule has 1 unspecified atom stereocenters. The number of anilines is 3. The normalized spacial score (nSPS) is 21.4. The van der Waals surface area contributed by atoms with Gasteiger partial charge < -0.3 is 14.7 Å². The third-order valence-electron chi connectivity index (χ3n) is 8.13. The lowest BCUT2D eigenvalue weighted by atomic mass is 9.98. The highest BCUT2D eigenvalue weighted by Crippen LogP contribution is 2.36. The number of benzene rings is 1. The Morgan fingerprint density at radius 1 is 1.05 bits per heavy atom. The number of nitriles is 1. The number of halogens is 1. The largest absolute Gasteiger partial charge is 0.356 e. The summed E-state index contributed by atoms with van der Waals surface area (Å²) >= 11 is 6.25. The molecule has 216 valence electrons. The molecule has 0 radical (unpaired) electrons. The summed E-state index contributed by atoms with van der Waals surface area (Å²) in [4.78, 5) is 25.1. The molecular formula is C28H33ClN8O3S. The molecule has 3 aliphatic rings. The van der Waals surface area contributed by atoms with E-state index in [1.807, 2.05) is 10.6 Å². The average Bonchev–Trinajstić information content (AvgIpc) is 3.36. The minimum atomic E-state index is -3.61. The first kappa shape index (κ1) is 27.6. The molecule has 41 heavy (non-hydrogen) atoms. The Balaban J connectivity index is 1.39. The zero-order valence-electron chi connectivity index (χ0n) is 23.0. The monoisotopic (exact) mass is 596 g/mol. The van der Waals surface area contributed by atoms with Gasteiger partial charge in [-0.1, -0.05) is 11.6 Å². The van der Waals surface area contributed by atoms with Crippen LogP contribution in [0.15, 0.2) is 30.3 Å². The zero-order valence-corrected chi connectivity index (χ0v) is 24.5. The number of carbonyl (C=O) groups excluding carboxylic acids is 1. The molecule has 5 heterocycles. The number of piperidine rings is 2. The highest BCUT2D eigenvalue weighted by molar-refractivity contribution is 7.92. The van der Waals surface area contributed by atoms with E-state index in [-0.39, 0.29) is 29.1 Å². The van der Waals surface area contributed by atoms with E-state index < -0.39 is 10.0 Å². The summed E-state index contributed by atoms with van der Waals surface area (Å²) in [5.74, 6) is 1.47. The lowest BCUT2D eigenvalue weighted by Crippen LogP contribution is -2.39. The van der Waals surface area contributed by atoms with E-state index in [9.17, 15) is 18.5 Å². The van der Waals surface area contributed by atoms with Crippen molar-refractivity contribution in [3.05, 3.63) is 46.6 Å². The second-order valence-electron chi connectivity index (χ2n) is 11.1. The average molecular weight is 597 g/mol. The summed E-state index contributed by atoms with van der Waals surface area (Å²) in [6.45, 7) is 3.91. The maximum absolute atomic E-state index is 14.0. The van der Waals surface area contributed by atoms with Gasteiger partial charge >= 0.3 is 0 Å². The minimum absolute atomic E-state index is 0.0339. The van der Waals surface area contributed by atoms with Crippen molar-refractivity contribution in [3.8, 4) is 6.07 Å². The predicted octanol–water partition coefficient (Wildman–Crippen LogP) is 4.07. The molecule has 6 rings (SSSR count). The van der Waals surface area contributed by atoms with Crippen molar-refractivity contribution >= 4 is 50.5 Å². The highest BCUT2D eigenvalue weighted by Gasteiger charge is 2.33. The van der Waals surface area contributed by atoms with Crippen molar-refractivity contribution in [2.75, 3.05) is 53.5 Å². The first-order valence-electron chi connectivity index (χ1n) is 14.1. The molecule has 3 saturated heterocycles. The third-order valence-corrected chi connectivity index (χ3v) is 8.96. The Hall–Kier alpha value is -3.56. The lowest BCUT2D eigenvalue weighted by molar-refractivity contribution is 0.0607. The Morgan fingerprint density at radius 3 is 2.59 bits per heavy atom. The molecule has 1 amide bonds. The molecule has 0 bridgehead atoms. The van der Waals surface area contributed by atoms with E-state index in [4.69, 9.17) is 21.7 Å². The van der Waals surface area contributed by atoms with Crippen LogP contribution in [0, 0.1) is 17.2 Å². The topological polar surface area (TPSA) is 127 Å². The smallest absolute Gasteiger partial charge is 0.256 e. The number of nitrogens with one attached hydrogen (secondary N) is 1. The molecule has 3 aliphatic heterocycles. The summed E-state index contributed by atoms with van der Waals surface area (Å²) in [6.07, 6.45) is 6.49. The number of likely N-dealkylation sites (tertiary alicyclic amines) is 1. The number of amides is 1. The molecular weight excluding hydrogens is 564 g/mol. The Bertz CT molecular complexity index is 1630. The summed E-state index contributed by atoms with van der Waals surface area (Å²) in [5, 5.41) is 15.0. The molecule has 3 fully saturated rings. The van der Waals surface area contributed by atoms with Crippen molar-refractivity contribution in [1.82, 2.24) is 19.5 Å². The molecule has 0 spiro atoms. The second kappa shape index (κ2) is 11.0. The van der Waals surface area contributed by atoms with Crippen LogP contribution in [0.1, 0.15) is 60.6 Å². The van der Waals surface area contributed by atoms with Crippen LogP contribution in [-0.2, 0) is 10.0 Å². The number of aromatic nitrogens is 3. The molecule has 3 aromatic rings. The molecule has 1 N–H and O–H groups in total. The van der Waals surface area contributed by atoms with Crippen molar-refractivity contribution < 1.29 is 13.2 Å². The van der Waals surface area contributed by atoms with E-state index in [1.54, 1.807) is 11.0 Å². The van der Waals surface area contributed by atoms with E-state index in [0.717, 1.165) is 81.7 Å². The van der Waals surface area contributed by atoms with Gasteiger partial charge in [0.1, 0.15) is 11.6 Å². The predicted molar refractivity (Wildman–Crippen MR) is 158 cm³/mol. The van der Waals surface area contributed by atoms with Gasteiger partial charge in [0.2, 0.25) is 10.0 Å². The third kappa shape index (κ3) is 5.65. The van der Waals surface area contributed by atoms with Gasteiger partial charge in [-0.25, -0.2) is 13.4 Å². The van der Waals surface area contributed by atoms with Gasteiger partial charge in [-0.05, 0) is 56.7 Å². The number of fused-ring (bicyclic) bond motifs is 1. The number of sulfonamides is 1. The maximum Gasteiger partial charge on any atom is 0.256 e. The second-order valence-corrected chi connectivity index (χ2v) is 13.3. The Kier molecular flexibility index (Phi) is 7.42. The van der Waals surface area contributed by atoms with Gasteiger partial charge in [-0.2, -0.15) is 14.9 Å². The van der Waals surface area contributed by atoms with E-state index in [2.05, 4.69) is 26.7 Å². The van der Waals surface area contributed by atoms with Gasteiger partial charge in [-0.3, -0.25) is 9.52 Å². The fraction of sp³-hybridized carbons (Fsp3) is 0.500. The van der Waals surface area contributed by atoms with Crippen LogP contribution in [0.2, 0.25) is 5.02 Å². The maximum atomic E-state index is 14.0. The summed E-state index contributed by atoms with van der Waals surface area (Å²) in [5.41, 5.74) is 1.84. The van der Waals surface area contributed by atoms with Crippen LogP contribution in [0.25, 0.3) is 5.65 Å². The number of hydrogen-bond acceptors (Lipinski definition) is 8. The number of carbonyl (C=O) groups is 1. The van der Waals surface area contributed by atoms with Gasteiger partial charge in [0.15, 0.2) is 5.65 Å².